The predicted molar refractivity (Wildman–Crippen MR) is 70.6 cm³/mol. The van der Waals surface area contributed by atoms with E-state index < -0.39 is 5.97 Å². The number of carboxylic acids is 1. The molecule has 1 fully saturated rings. The molecule has 6 heteroatoms. The van der Waals surface area contributed by atoms with Crippen LogP contribution < -0.4 is 10.6 Å². The van der Waals surface area contributed by atoms with Gasteiger partial charge in [-0.3, -0.25) is 4.79 Å². The van der Waals surface area contributed by atoms with Gasteiger partial charge in [0.2, 0.25) is 5.91 Å². The van der Waals surface area contributed by atoms with Crippen molar-refractivity contribution in [3.05, 3.63) is 28.2 Å². The van der Waals surface area contributed by atoms with Gasteiger partial charge in [-0.1, -0.05) is 0 Å². The Bertz CT molecular complexity index is 504. The van der Waals surface area contributed by atoms with Crippen molar-refractivity contribution < 1.29 is 14.7 Å². The van der Waals surface area contributed by atoms with Crippen LogP contribution in [0.15, 0.2) is 22.7 Å². The lowest BCUT2D eigenvalue weighted by Gasteiger charge is -2.18. The molecule has 0 aliphatic carbocycles. The van der Waals surface area contributed by atoms with Crippen molar-refractivity contribution in [3.63, 3.8) is 0 Å². The fourth-order valence-electron chi connectivity index (χ4n) is 2.03. The van der Waals surface area contributed by atoms with Crippen molar-refractivity contribution in [2.24, 2.45) is 11.7 Å². The first kappa shape index (κ1) is 13.0. The van der Waals surface area contributed by atoms with Gasteiger partial charge in [0, 0.05) is 17.4 Å². The van der Waals surface area contributed by atoms with Gasteiger partial charge in [-0.2, -0.15) is 0 Å². The third-order valence-electron chi connectivity index (χ3n) is 3.02. The zero-order valence-electron chi connectivity index (χ0n) is 9.60. The molecule has 5 nitrogen and oxygen atoms in total. The normalized spacial score (nSPS) is 19.3. The molecule has 0 aromatic heterocycles. The topological polar surface area (TPSA) is 83.6 Å². The number of aromatic carboxylic acids is 1. The molecule has 0 saturated carbocycles. The van der Waals surface area contributed by atoms with Crippen LogP contribution in [0.1, 0.15) is 16.8 Å². The van der Waals surface area contributed by atoms with E-state index in [4.69, 9.17) is 10.8 Å². The Kier molecular flexibility index (Phi) is 3.68. The van der Waals surface area contributed by atoms with Crippen LogP contribution in [0.3, 0.4) is 0 Å². The quantitative estimate of drug-likeness (QED) is 0.885. The summed E-state index contributed by atoms with van der Waals surface area (Å²) >= 11 is 3.31. The minimum atomic E-state index is -0.991. The molecule has 18 heavy (non-hydrogen) atoms. The highest BCUT2D eigenvalue weighted by atomic mass is 79.9. The third-order valence-corrected chi connectivity index (χ3v) is 3.66. The smallest absolute Gasteiger partial charge is 0.335 e. The summed E-state index contributed by atoms with van der Waals surface area (Å²) in [6.45, 7) is 1.06. The SMILES string of the molecule is NCC1CC(=O)N(c2ccc(C(=O)O)cc2Br)C1. The first-order chi connectivity index (χ1) is 8.52. The van der Waals surface area contributed by atoms with Crippen molar-refractivity contribution in [2.75, 3.05) is 18.0 Å². The number of hydrogen-bond acceptors (Lipinski definition) is 3. The van der Waals surface area contributed by atoms with Gasteiger partial charge >= 0.3 is 5.97 Å². The number of anilines is 1. The van der Waals surface area contributed by atoms with Gasteiger partial charge in [0.1, 0.15) is 0 Å². The number of halogens is 1. The monoisotopic (exact) mass is 312 g/mol. The minimum Gasteiger partial charge on any atom is -0.478 e. The Morgan fingerprint density at radius 2 is 2.28 bits per heavy atom. The Morgan fingerprint density at radius 3 is 2.78 bits per heavy atom. The Balaban J connectivity index is 2.29. The highest BCUT2D eigenvalue weighted by Crippen LogP contribution is 2.32. The average Bonchev–Trinajstić information content (AvgIpc) is 2.70. The molecule has 0 bridgehead atoms. The summed E-state index contributed by atoms with van der Waals surface area (Å²) in [7, 11) is 0. The van der Waals surface area contributed by atoms with Crippen molar-refractivity contribution in [2.45, 2.75) is 6.42 Å². The average molecular weight is 313 g/mol. The number of nitrogens with zero attached hydrogens (tertiary/aromatic N) is 1. The van der Waals surface area contributed by atoms with Gasteiger partial charge in [-0.05, 0) is 46.6 Å². The van der Waals surface area contributed by atoms with Crippen molar-refractivity contribution in [1.29, 1.82) is 0 Å². The van der Waals surface area contributed by atoms with Crippen molar-refractivity contribution in [1.82, 2.24) is 0 Å². The maximum Gasteiger partial charge on any atom is 0.335 e. The summed E-state index contributed by atoms with van der Waals surface area (Å²) in [5.74, 6) is -0.799. The van der Waals surface area contributed by atoms with Gasteiger partial charge < -0.3 is 15.7 Å². The number of nitrogens with two attached hydrogens (primary N) is 1. The minimum absolute atomic E-state index is 0.0224. The Labute approximate surface area is 113 Å². The second-order valence-corrected chi connectivity index (χ2v) is 5.14. The number of carbonyl (C=O) groups excluding carboxylic acids is 1. The molecule has 1 amide bonds. The Hall–Kier alpha value is -1.40. The van der Waals surface area contributed by atoms with E-state index in [9.17, 15) is 9.59 Å². The molecule has 0 spiro atoms. The third kappa shape index (κ3) is 2.39. The molecule has 1 aliphatic rings. The molecule has 1 heterocycles. The molecule has 1 aliphatic heterocycles. The molecular formula is C12H13BrN2O3. The largest absolute Gasteiger partial charge is 0.478 e. The van der Waals surface area contributed by atoms with Gasteiger partial charge in [-0.15, -0.1) is 0 Å². The van der Waals surface area contributed by atoms with Gasteiger partial charge in [0.25, 0.3) is 0 Å². The summed E-state index contributed by atoms with van der Waals surface area (Å²) in [4.78, 5) is 24.3. The lowest BCUT2D eigenvalue weighted by Crippen LogP contribution is -2.26. The maximum atomic E-state index is 11.8. The van der Waals surface area contributed by atoms with E-state index in [1.54, 1.807) is 11.0 Å². The molecule has 1 unspecified atom stereocenters. The van der Waals surface area contributed by atoms with Crippen LogP contribution in [-0.4, -0.2) is 30.1 Å². The molecule has 0 radical (unpaired) electrons. The number of rotatable bonds is 3. The second-order valence-electron chi connectivity index (χ2n) is 4.28. The summed E-state index contributed by atoms with van der Waals surface area (Å²) in [6, 6.07) is 4.64. The van der Waals surface area contributed by atoms with Crippen molar-refractivity contribution >= 4 is 33.5 Å². The molecule has 2 rings (SSSR count). The molecule has 1 saturated heterocycles. The molecule has 1 aromatic carbocycles. The number of hydrogen-bond donors (Lipinski definition) is 2. The highest BCUT2D eigenvalue weighted by molar-refractivity contribution is 9.10. The van der Waals surface area contributed by atoms with Crippen LogP contribution in [0.4, 0.5) is 5.69 Å². The predicted octanol–water partition coefficient (Wildman–Crippen LogP) is 1.46. The molecular weight excluding hydrogens is 300 g/mol. The van der Waals surface area contributed by atoms with E-state index in [1.807, 2.05) is 0 Å². The van der Waals surface area contributed by atoms with Crippen LogP contribution in [0.25, 0.3) is 0 Å². The van der Waals surface area contributed by atoms with Crippen LogP contribution in [0.5, 0.6) is 0 Å². The van der Waals surface area contributed by atoms with Gasteiger partial charge in [-0.25, -0.2) is 4.79 Å². The zero-order chi connectivity index (χ0) is 13.3. The number of carbonyl (C=O) groups is 2. The first-order valence-corrected chi connectivity index (χ1v) is 6.35. The molecule has 3 N–H and O–H groups in total. The summed E-state index contributed by atoms with van der Waals surface area (Å²) in [6.07, 6.45) is 0.448. The van der Waals surface area contributed by atoms with Gasteiger partial charge in [0.15, 0.2) is 0 Å². The molecule has 1 aromatic rings. The van der Waals surface area contributed by atoms with Crippen LogP contribution in [-0.2, 0) is 4.79 Å². The van der Waals surface area contributed by atoms with Crippen LogP contribution in [0.2, 0.25) is 0 Å². The fourth-order valence-corrected chi connectivity index (χ4v) is 2.62. The molecule has 1 atom stereocenters. The lowest BCUT2D eigenvalue weighted by atomic mass is 10.1. The highest BCUT2D eigenvalue weighted by Gasteiger charge is 2.30. The lowest BCUT2D eigenvalue weighted by molar-refractivity contribution is -0.117. The van der Waals surface area contributed by atoms with E-state index in [2.05, 4.69) is 15.9 Å². The van der Waals surface area contributed by atoms with Crippen LogP contribution >= 0.6 is 15.9 Å². The maximum absolute atomic E-state index is 11.8. The zero-order valence-corrected chi connectivity index (χ0v) is 11.2. The number of benzene rings is 1. The second kappa shape index (κ2) is 5.07. The number of amides is 1. The Morgan fingerprint density at radius 1 is 1.56 bits per heavy atom. The van der Waals surface area contributed by atoms with E-state index in [1.165, 1.54) is 12.1 Å². The van der Waals surface area contributed by atoms with E-state index in [0.717, 1.165) is 0 Å². The van der Waals surface area contributed by atoms with Crippen LogP contribution in [0, 0.1) is 5.92 Å². The molecule has 96 valence electrons. The fraction of sp³-hybridized carbons (Fsp3) is 0.333. The summed E-state index contributed by atoms with van der Waals surface area (Å²) in [5, 5.41) is 8.88. The summed E-state index contributed by atoms with van der Waals surface area (Å²) < 4.78 is 0.605. The van der Waals surface area contributed by atoms with E-state index >= 15 is 0 Å². The number of carboxylic acid groups (broad SMARTS) is 1. The van der Waals surface area contributed by atoms with E-state index in [-0.39, 0.29) is 17.4 Å². The standard InChI is InChI=1S/C12H13BrN2O3/c13-9-4-8(12(17)18)1-2-10(9)15-6-7(5-14)3-11(15)16/h1-2,4,7H,3,5-6,14H2,(H,17,18). The first-order valence-electron chi connectivity index (χ1n) is 5.56. The summed E-state index contributed by atoms with van der Waals surface area (Å²) in [5.41, 5.74) is 6.45. The van der Waals surface area contributed by atoms with E-state index in [0.29, 0.717) is 29.7 Å². The van der Waals surface area contributed by atoms with Crippen molar-refractivity contribution in [3.8, 4) is 0 Å². The van der Waals surface area contributed by atoms with Gasteiger partial charge in [0.05, 0.1) is 11.3 Å².